The van der Waals surface area contributed by atoms with Gasteiger partial charge in [-0.3, -0.25) is 4.79 Å². The molecule has 0 atom stereocenters. The minimum atomic E-state index is 0. The van der Waals surface area contributed by atoms with E-state index in [4.69, 9.17) is 11.6 Å². The summed E-state index contributed by atoms with van der Waals surface area (Å²) in [5.74, 6) is 0.780. The summed E-state index contributed by atoms with van der Waals surface area (Å²) in [7, 11) is 1.95. The van der Waals surface area contributed by atoms with Crippen LogP contribution in [0.5, 0.6) is 0 Å². The lowest BCUT2D eigenvalue weighted by molar-refractivity contribution is 0.0794. The highest BCUT2D eigenvalue weighted by Crippen LogP contribution is 2.29. The van der Waals surface area contributed by atoms with Gasteiger partial charge in [0, 0.05) is 48.6 Å². The summed E-state index contributed by atoms with van der Waals surface area (Å²) >= 11 is 6.06. The molecule has 26 heavy (non-hydrogen) atoms. The molecular formula is C19H20Cl2N4O. The lowest BCUT2D eigenvalue weighted by Crippen LogP contribution is -2.28. The summed E-state index contributed by atoms with van der Waals surface area (Å²) in [4.78, 5) is 19.3. The van der Waals surface area contributed by atoms with Crippen molar-refractivity contribution in [1.29, 1.82) is 0 Å². The van der Waals surface area contributed by atoms with Crippen molar-refractivity contribution < 1.29 is 4.79 Å². The Labute approximate surface area is 163 Å². The molecule has 0 radical (unpaired) electrons. The van der Waals surface area contributed by atoms with Crippen LogP contribution >= 0.6 is 24.0 Å². The maximum atomic E-state index is 12.9. The minimum Gasteiger partial charge on any atom is -0.350 e. The van der Waals surface area contributed by atoms with Crippen LogP contribution in [-0.4, -0.2) is 33.4 Å². The Balaban J connectivity index is 0.00000196. The van der Waals surface area contributed by atoms with Crippen LogP contribution in [0.1, 0.15) is 23.2 Å². The quantitative estimate of drug-likeness (QED) is 0.709. The molecule has 1 aliphatic rings. The standard InChI is InChI=1S/C19H19ClN4O.ClH/c1-23-10-7-15-17(23)16(19(25)24-8-2-3-9-24)12-21-18(15)22-14-6-4-5-13(20)11-14;/h4-7,10-12H,2-3,8-9H2,1H3,(H,21,22);1H. The van der Waals surface area contributed by atoms with Crippen LogP contribution in [0.2, 0.25) is 5.02 Å². The maximum absolute atomic E-state index is 12.9. The number of amides is 1. The van der Waals surface area contributed by atoms with Gasteiger partial charge in [0.25, 0.3) is 5.91 Å². The molecule has 0 saturated carbocycles. The first-order chi connectivity index (χ1) is 12.1. The van der Waals surface area contributed by atoms with Gasteiger partial charge in [0.2, 0.25) is 0 Å². The van der Waals surface area contributed by atoms with E-state index in [0.29, 0.717) is 10.6 Å². The molecule has 1 fully saturated rings. The van der Waals surface area contributed by atoms with E-state index in [1.54, 1.807) is 6.20 Å². The number of carbonyl (C=O) groups excluding carboxylic acids is 1. The van der Waals surface area contributed by atoms with E-state index in [1.165, 1.54) is 0 Å². The van der Waals surface area contributed by atoms with E-state index in [1.807, 2.05) is 53.0 Å². The van der Waals surface area contributed by atoms with Crippen molar-refractivity contribution in [2.24, 2.45) is 7.05 Å². The van der Waals surface area contributed by atoms with Crippen LogP contribution < -0.4 is 5.32 Å². The van der Waals surface area contributed by atoms with Crippen LogP contribution in [0.25, 0.3) is 10.9 Å². The summed E-state index contributed by atoms with van der Waals surface area (Å²) < 4.78 is 1.98. The zero-order valence-electron chi connectivity index (χ0n) is 14.4. The van der Waals surface area contributed by atoms with E-state index in [2.05, 4.69) is 10.3 Å². The largest absolute Gasteiger partial charge is 0.350 e. The van der Waals surface area contributed by atoms with Gasteiger partial charge in [0.1, 0.15) is 5.82 Å². The van der Waals surface area contributed by atoms with Crippen molar-refractivity contribution in [3.05, 3.63) is 53.3 Å². The zero-order valence-corrected chi connectivity index (χ0v) is 16.0. The van der Waals surface area contributed by atoms with E-state index in [9.17, 15) is 4.79 Å². The number of fused-ring (bicyclic) bond motifs is 1. The number of hydrogen-bond donors (Lipinski definition) is 1. The average molecular weight is 391 g/mol. The normalized spacial score (nSPS) is 13.7. The van der Waals surface area contributed by atoms with Crippen LogP contribution in [0.4, 0.5) is 11.5 Å². The molecule has 3 heterocycles. The number of hydrogen-bond acceptors (Lipinski definition) is 3. The Morgan fingerprint density at radius 1 is 1.23 bits per heavy atom. The van der Waals surface area contributed by atoms with Gasteiger partial charge >= 0.3 is 0 Å². The van der Waals surface area contributed by atoms with Crippen molar-refractivity contribution in [3.63, 3.8) is 0 Å². The van der Waals surface area contributed by atoms with Gasteiger partial charge in [-0.1, -0.05) is 17.7 Å². The number of likely N-dealkylation sites (tertiary alicyclic amines) is 1. The van der Waals surface area contributed by atoms with Gasteiger partial charge in [-0.15, -0.1) is 12.4 Å². The minimum absolute atomic E-state index is 0. The predicted octanol–water partition coefficient (Wildman–Crippen LogP) is 4.63. The van der Waals surface area contributed by atoms with Gasteiger partial charge in [0.05, 0.1) is 11.1 Å². The Hall–Kier alpha value is -2.24. The Morgan fingerprint density at radius 2 is 2.00 bits per heavy atom. The molecule has 4 rings (SSSR count). The first-order valence-electron chi connectivity index (χ1n) is 8.39. The fourth-order valence-corrected chi connectivity index (χ4v) is 3.56. The zero-order chi connectivity index (χ0) is 17.4. The second-order valence-corrected chi connectivity index (χ2v) is 6.78. The third-order valence-corrected chi connectivity index (χ3v) is 4.85. The van der Waals surface area contributed by atoms with Crippen molar-refractivity contribution in [3.8, 4) is 0 Å². The van der Waals surface area contributed by atoms with Gasteiger partial charge in [0.15, 0.2) is 0 Å². The van der Waals surface area contributed by atoms with Gasteiger partial charge in [-0.05, 0) is 37.1 Å². The Morgan fingerprint density at radius 3 is 2.73 bits per heavy atom. The number of halogens is 2. The van der Waals surface area contributed by atoms with Gasteiger partial charge in [-0.25, -0.2) is 4.98 Å². The molecule has 3 aromatic rings. The van der Waals surface area contributed by atoms with Crippen LogP contribution in [0, 0.1) is 0 Å². The molecule has 0 spiro atoms. The first-order valence-corrected chi connectivity index (χ1v) is 8.77. The van der Waals surface area contributed by atoms with E-state index in [-0.39, 0.29) is 18.3 Å². The summed E-state index contributed by atoms with van der Waals surface area (Å²) in [6, 6.07) is 9.48. The molecule has 1 amide bonds. The lowest BCUT2D eigenvalue weighted by Gasteiger charge is -2.17. The van der Waals surface area contributed by atoms with Crippen molar-refractivity contribution in [1.82, 2.24) is 14.5 Å². The van der Waals surface area contributed by atoms with E-state index >= 15 is 0 Å². The highest BCUT2D eigenvalue weighted by molar-refractivity contribution is 6.30. The second kappa shape index (κ2) is 7.56. The van der Waals surface area contributed by atoms with Crippen molar-refractivity contribution in [2.45, 2.75) is 12.8 Å². The number of nitrogens with zero attached hydrogens (tertiary/aromatic N) is 3. The van der Waals surface area contributed by atoms with Gasteiger partial charge in [-0.2, -0.15) is 0 Å². The summed E-state index contributed by atoms with van der Waals surface area (Å²) in [6.45, 7) is 1.65. The highest BCUT2D eigenvalue weighted by atomic mass is 35.5. The summed E-state index contributed by atoms with van der Waals surface area (Å²) in [6.07, 6.45) is 5.78. The Bertz CT molecular complexity index is 948. The maximum Gasteiger partial charge on any atom is 0.257 e. The highest BCUT2D eigenvalue weighted by Gasteiger charge is 2.23. The molecule has 5 nitrogen and oxygen atoms in total. The van der Waals surface area contributed by atoms with Crippen molar-refractivity contribution in [2.75, 3.05) is 18.4 Å². The molecule has 2 aromatic heterocycles. The SMILES string of the molecule is Cl.Cn1ccc2c(Nc3cccc(Cl)c3)ncc(C(=O)N3CCCC3)c21. The monoisotopic (exact) mass is 390 g/mol. The molecular weight excluding hydrogens is 371 g/mol. The number of aryl methyl sites for hydroxylation is 1. The molecule has 7 heteroatoms. The third-order valence-electron chi connectivity index (χ3n) is 4.62. The third kappa shape index (κ3) is 3.37. The average Bonchev–Trinajstić information content (AvgIpc) is 3.25. The number of benzene rings is 1. The smallest absolute Gasteiger partial charge is 0.257 e. The molecule has 136 valence electrons. The molecule has 0 unspecified atom stereocenters. The lowest BCUT2D eigenvalue weighted by atomic mass is 10.1. The molecule has 1 saturated heterocycles. The summed E-state index contributed by atoms with van der Waals surface area (Å²) in [5.41, 5.74) is 2.42. The number of anilines is 2. The molecule has 1 aromatic carbocycles. The Kier molecular flexibility index (Phi) is 5.39. The number of rotatable bonds is 3. The van der Waals surface area contributed by atoms with Gasteiger partial charge < -0.3 is 14.8 Å². The molecule has 0 bridgehead atoms. The van der Waals surface area contributed by atoms with E-state index in [0.717, 1.165) is 48.3 Å². The molecule has 1 N–H and O–H groups in total. The van der Waals surface area contributed by atoms with Crippen LogP contribution in [0.15, 0.2) is 42.7 Å². The number of aromatic nitrogens is 2. The number of nitrogens with one attached hydrogen (secondary N) is 1. The first kappa shape index (κ1) is 18.5. The fraction of sp³-hybridized carbons (Fsp3) is 0.263. The predicted molar refractivity (Wildman–Crippen MR) is 108 cm³/mol. The number of carbonyl (C=O) groups is 1. The van der Waals surface area contributed by atoms with Crippen molar-refractivity contribution >= 4 is 52.3 Å². The molecule has 0 aliphatic carbocycles. The van der Waals surface area contributed by atoms with E-state index < -0.39 is 0 Å². The number of pyridine rings is 1. The molecule has 1 aliphatic heterocycles. The summed E-state index contributed by atoms with van der Waals surface area (Å²) in [5, 5.41) is 4.89. The van der Waals surface area contributed by atoms with Crippen LogP contribution in [-0.2, 0) is 7.05 Å². The fourth-order valence-electron chi connectivity index (χ4n) is 3.37. The second-order valence-electron chi connectivity index (χ2n) is 6.34. The topological polar surface area (TPSA) is 50.2 Å². The van der Waals surface area contributed by atoms with Crippen LogP contribution in [0.3, 0.4) is 0 Å².